The van der Waals surface area contributed by atoms with E-state index in [2.05, 4.69) is 5.32 Å². The molecule has 0 spiro atoms. The highest BCUT2D eigenvalue weighted by Crippen LogP contribution is 2.23. The van der Waals surface area contributed by atoms with E-state index in [0.29, 0.717) is 29.5 Å². The van der Waals surface area contributed by atoms with Crippen LogP contribution in [0.15, 0.2) is 48.5 Å². The van der Waals surface area contributed by atoms with Crippen LogP contribution in [0, 0.1) is 5.82 Å². The third kappa shape index (κ3) is 6.67. The Labute approximate surface area is 186 Å². The molecule has 0 aliphatic carbocycles. The van der Waals surface area contributed by atoms with Gasteiger partial charge >= 0.3 is 0 Å². The highest BCUT2D eigenvalue weighted by atomic mass is 35.5. The summed E-state index contributed by atoms with van der Waals surface area (Å²) in [4.78, 5) is 27.1. The zero-order chi connectivity index (χ0) is 22.2. The van der Waals surface area contributed by atoms with E-state index in [1.54, 1.807) is 43.3 Å². The van der Waals surface area contributed by atoms with Crippen LogP contribution in [0.25, 0.3) is 0 Å². The van der Waals surface area contributed by atoms with Gasteiger partial charge in [0.1, 0.15) is 17.6 Å². The molecular formula is C23H26ClFN2O4. The van der Waals surface area contributed by atoms with Gasteiger partial charge in [0.05, 0.1) is 11.1 Å². The van der Waals surface area contributed by atoms with Crippen LogP contribution in [0.3, 0.4) is 0 Å². The number of amides is 2. The molecule has 0 aromatic heterocycles. The van der Waals surface area contributed by atoms with Gasteiger partial charge in [0.15, 0.2) is 6.61 Å². The Morgan fingerprint density at radius 1 is 1.26 bits per heavy atom. The number of carbonyl (C=O) groups excluding carboxylic acids is 2. The topological polar surface area (TPSA) is 67.9 Å². The van der Waals surface area contributed by atoms with Gasteiger partial charge in [-0.2, -0.15) is 0 Å². The third-order valence-electron chi connectivity index (χ3n) is 5.15. The van der Waals surface area contributed by atoms with Gasteiger partial charge in [0.2, 0.25) is 5.91 Å². The predicted octanol–water partition coefficient (Wildman–Crippen LogP) is 3.57. The molecule has 31 heavy (non-hydrogen) atoms. The minimum absolute atomic E-state index is 0.000885. The van der Waals surface area contributed by atoms with Crippen LogP contribution in [0.4, 0.5) is 4.39 Å². The fourth-order valence-corrected chi connectivity index (χ4v) is 3.51. The number of rotatable bonds is 9. The van der Waals surface area contributed by atoms with Gasteiger partial charge in [-0.3, -0.25) is 9.59 Å². The molecule has 0 unspecified atom stereocenters. The van der Waals surface area contributed by atoms with Crippen LogP contribution in [-0.2, 0) is 20.9 Å². The molecule has 8 heteroatoms. The molecule has 1 N–H and O–H groups in total. The lowest BCUT2D eigenvalue weighted by molar-refractivity contribution is -0.142. The van der Waals surface area contributed by atoms with E-state index >= 15 is 0 Å². The lowest BCUT2D eigenvalue weighted by Crippen LogP contribution is -2.50. The van der Waals surface area contributed by atoms with Crippen LogP contribution >= 0.6 is 11.6 Å². The largest absolute Gasteiger partial charge is 0.482 e. The van der Waals surface area contributed by atoms with Gasteiger partial charge < -0.3 is 19.7 Å². The molecule has 2 atom stereocenters. The Hall–Kier alpha value is -2.64. The third-order valence-corrected chi connectivity index (χ3v) is 5.46. The number of para-hydroxylation sites is 1. The first-order valence-electron chi connectivity index (χ1n) is 10.2. The van der Waals surface area contributed by atoms with E-state index in [1.807, 2.05) is 0 Å². The molecule has 1 aliphatic rings. The molecule has 0 saturated carbocycles. The molecule has 2 aromatic rings. The maximum absolute atomic E-state index is 13.3. The molecular weight excluding hydrogens is 423 g/mol. The lowest BCUT2D eigenvalue weighted by atomic mass is 10.1. The number of benzene rings is 2. The number of nitrogens with one attached hydrogen (secondary N) is 1. The lowest BCUT2D eigenvalue weighted by Gasteiger charge is -2.29. The Kier molecular flexibility index (Phi) is 8.26. The van der Waals surface area contributed by atoms with Crippen molar-refractivity contribution in [2.45, 2.75) is 38.5 Å². The molecule has 6 nitrogen and oxygen atoms in total. The monoisotopic (exact) mass is 448 g/mol. The van der Waals surface area contributed by atoms with E-state index in [9.17, 15) is 14.0 Å². The average molecular weight is 449 g/mol. The van der Waals surface area contributed by atoms with Crippen molar-refractivity contribution in [1.82, 2.24) is 10.2 Å². The normalized spacial score (nSPS) is 16.5. The van der Waals surface area contributed by atoms with Crippen molar-refractivity contribution < 1.29 is 23.5 Å². The summed E-state index contributed by atoms with van der Waals surface area (Å²) in [6.45, 7) is 2.61. The highest BCUT2D eigenvalue weighted by molar-refractivity contribution is 6.32. The minimum atomic E-state index is -0.756. The molecule has 1 heterocycles. The summed E-state index contributed by atoms with van der Waals surface area (Å²) >= 11 is 6.09. The summed E-state index contributed by atoms with van der Waals surface area (Å²) in [7, 11) is 0. The Balaban J connectivity index is 1.67. The second kappa shape index (κ2) is 11.1. The Morgan fingerprint density at radius 2 is 2.00 bits per heavy atom. The Bertz CT molecular complexity index is 887. The number of halogens is 2. The second-order valence-corrected chi connectivity index (χ2v) is 7.83. The molecule has 2 aromatic carbocycles. The van der Waals surface area contributed by atoms with Gasteiger partial charge in [-0.25, -0.2) is 4.39 Å². The van der Waals surface area contributed by atoms with Crippen LogP contribution < -0.4 is 10.1 Å². The minimum Gasteiger partial charge on any atom is -0.482 e. The first kappa shape index (κ1) is 23.0. The fourth-order valence-electron chi connectivity index (χ4n) is 3.32. The average Bonchev–Trinajstić information content (AvgIpc) is 3.29. The number of carbonyl (C=O) groups is 2. The van der Waals surface area contributed by atoms with Crippen molar-refractivity contribution in [3.05, 3.63) is 64.9 Å². The molecule has 166 valence electrons. The van der Waals surface area contributed by atoms with Gasteiger partial charge in [0, 0.05) is 19.7 Å². The number of ether oxygens (including phenoxy) is 2. The quantitative estimate of drug-likeness (QED) is 0.636. The van der Waals surface area contributed by atoms with Crippen molar-refractivity contribution in [1.29, 1.82) is 0 Å². The van der Waals surface area contributed by atoms with Crippen molar-refractivity contribution >= 4 is 23.4 Å². The first-order valence-corrected chi connectivity index (χ1v) is 10.6. The smallest absolute Gasteiger partial charge is 0.261 e. The molecule has 2 amide bonds. The maximum atomic E-state index is 13.3. The summed E-state index contributed by atoms with van der Waals surface area (Å²) in [6.07, 6.45) is 1.88. The van der Waals surface area contributed by atoms with Gasteiger partial charge in [-0.1, -0.05) is 35.9 Å². The van der Waals surface area contributed by atoms with E-state index in [-0.39, 0.29) is 36.9 Å². The predicted molar refractivity (Wildman–Crippen MR) is 115 cm³/mol. The molecule has 0 radical (unpaired) electrons. The zero-order valence-electron chi connectivity index (χ0n) is 17.4. The number of hydrogen-bond donors (Lipinski definition) is 1. The maximum Gasteiger partial charge on any atom is 0.261 e. The molecule has 1 fully saturated rings. The van der Waals surface area contributed by atoms with Crippen molar-refractivity contribution in [2.75, 3.05) is 19.8 Å². The first-order chi connectivity index (χ1) is 14.9. The van der Waals surface area contributed by atoms with Gasteiger partial charge in [0.25, 0.3) is 5.91 Å². The van der Waals surface area contributed by atoms with Gasteiger partial charge in [-0.15, -0.1) is 0 Å². The summed E-state index contributed by atoms with van der Waals surface area (Å²) in [5, 5.41) is 3.25. The molecule has 1 aliphatic heterocycles. The van der Waals surface area contributed by atoms with E-state index < -0.39 is 6.04 Å². The zero-order valence-corrected chi connectivity index (χ0v) is 18.1. The molecule has 0 bridgehead atoms. The second-order valence-electron chi connectivity index (χ2n) is 7.42. The molecule has 3 rings (SSSR count). The van der Waals surface area contributed by atoms with Crippen LogP contribution in [0.2, 0.25) is 5.02 Å². The SMILES string of the molecule is C[C@@H](C(=O)NC[C@H]1CCCO1)N(Cc1ccc(F)cc1)C(=O)COc1ccccc1Cl. The van der Waals surface area contributed by atoms with E-state index in [0.717, 1.165) is 12.8 Å². The summed E-state index contributed by atoms with van der Waals surface area (Å²) < 4.78 is 24.4. The van der Waals surface area contributed by atoms with Crippen LogP contribution in [-0.4, -0.2) is 48.6 Å². The standard InChI is InChI=1S/C23H26ClFN2O4/c1-16(23(29)26-13-19-5-4-12-30-19)27(14-17-8-10-18(25)11-9-17)22(28)15-31-21-7-3-2-6-20(21)24/h2-3,6-11,16,19H,4-5,12-15H2,1H3,(H,26,29)/t16-,19+/m0/s1. The van der Waals surface area contributed by atoms with E-state index in [1.165, 1.54) is 17.0 Å². The molecule has 1 saturated heterocycles. The van der Waals surface area contributed by atoms with Gasteiger partial charge in [-0.05, 0) is 49.6 Å². The summed E-state index contributed by atoms with van der Waals surface area (Å²) in [6, 6.07) is 11.9. The summed E-state index contributed by atoms with van der Waals surface area (Å²) in [5.41, 5.74) is 0.700. The van der Waals surface area contributed by atoms with Crippen molar-refractivity contribution in [3.8, 4) is 5.75 Å². The number of hydrogen-bond acceptors (Lipinski definition) is 4. The van der Waals surface area contributed by atoms with Crippen molar-refractivity contribution in [3.63, 3.8) is 0 Å². The number of nitrogens with zero attached hydrogens (tertiary/aromatic N) is 1. The van der Waals surface area contributed by atoms with E-state index in [4.69, 9.17) is 21.1 Å². The van der Waals surface area contributed by atoms with Crippen molar-refractivity contribution in [2.24, 2.45) is 0 Å². The summed E-state index contributed by atoms with van der Waals surface area (Å²) in [5.74, 6) is -0.659. The highest BCUT2D eigenvalue weighted by Gasteiger charge is 2.27. The Morgan fingerprint density at radius 3 is 2.68 bits per heavy atom. The fraction of sp³-hybridized carbons (Fsp3) is 0.391. The van der Waals surface area contributed by atoms with Crippen LogP contribution in [0.1, 0.15) is 25.3 Å². The van der Waals surface area contributed by atoms with Crippen LogP contribution in [0.5, 0.6) is 5.75 Å².